The van der Waals surface area contributed by atoms with E-state index in [1.165, 1.54) is 6.07 Å². The summed E-state index contributed by atoms with van der Waals surface area (Å²) in [5.74, 6) is 0. The molecule has 0 bridgehead atoms. The molecule has 0 heterocycles. The predicted octanol–water partition coefficient (Wildman–Crippen LogP) is 3.62. The third-order valence-electron chi connectivity index (χ3n) is 1.44. The molecule has 0 aliphatic rings. The SMILES string of the molecule is O=S(Cl)c1cccc(C(F)(F)F)c1Cl. The molecular formula is C7H3Cl2F3OS. The normalized spacial score (nSPS) is 14.1. The lowest BCUT2D eigenvalue weighted by Crippen LogP contribution is -2.06. The van der Waals surface area contributed by atoms with Crippen LogP contribution >= 0.6 is 22.3 Å². The van der Waals surface area contributed by atoms with Crippen LogP contribution in [0.2, 0.25) is 5.02 Å². The molecule has 0 fully saturated rings. The smallest absolute Gasteiger partial charge is 0.237 e. The molecule has 0 aromatic heterocycles. The van der Waals surface area contributed by atoms with Gasteiger partial charge in [-0.25, -0.2) is 4.21 Å². The van der Waals surface area contributed by atoms with Crippen LogP contribution in [0, 0.1) is 0 Å². The molecule has 1 nitrogen and oxygen atoms in total. The summed E-state index contributed by atoms with van der Waals surface area (Å²) >= 11 is 5.39. The van der Waals surface area contributed by atoms with E-state index in [0.29, 0.717) is 0 Å². The van der Waals surface area contributed by atoms with Crippen LogP contribution in [0.5, 0.6) is 0 Å². The number of alkyl halides is 3. The van der Waals surface area contributed by atoms with Crippen LogP contribution in [0.25, 0.3) is 0 Å². The summed E-state index contributed by atoms with van der Waals surface area (Å²) in [6.07, 6.45) is -4.57. The number of hydrogen-bond donors (Lipinski definition) is 0. The van der Waals surface area contributed by atoms with E-state index in [2.05, 4.69) is 0 Å². The van der Waals surface area contributed by atoms with Crippen LogP contribution in [-0.4, -0.2) is 4.21 Å². The Morgan fingerprint density at radius 3 is 2.29 bits per heavy atom. The summed E-state index contributed by atoms with van der Waals surface area (Å²) in [7, 11) is 3.11. The molecule has 7 heteroatoms. The predicted molar refractivity (Wildman–Crippen MR) is 48.7 cm³/mol. The molecule has 0 aliphatic carbocycles. The summed E-state index contributed by atoms with van der Waals surface area (Å²) < 4.78 is 47.6. The first-order chi connectivity index (χ1) is 6.34. The summed E-state index contributed by atoms with van der Waals surface area (Å²) in [5.41, 5.74) is -1.04. The molecule has 0 amide bonds. The third kappa shape index (κ3) is 2.40. The average molecular weight is 263 g/mol. The van der Waals surface area contributed by atoms with Crippen LogP contribution in [0.3, 0.4) is 0 Å². The van der Waals surface area contributed by atoms with E-state index in [0.717, 1.165) is 12.1 Å². The minimum absolute atomic E-state index is 0.233. The Kier molecular flexibility index (Phi) is 3.44. The van der Waals surface area contributed by atoms with Crippen molar-refractivity contribution < 1.29 is 17.4 Å². The van der Waals surface area contributed by atoms with Crippen molar-refractivity contribution in [2.24, 2.45) is 0 Å². The second-order valence-electron chi connectivity index (χ2n) is 2.34. The second kappa shape index (κ2) is 4.08. The summed E-state index contributed by atoms with van der Waals surface area (Å²) in [4.78, 5) is -0.233. The van der Waals surface area contributed by atoms with Gasteiger partial charge in [-0.3, -0.25) is 0 Å². The van der Waals surface area contributed by atoms with E-state index in [-0.39, 0.29) is 4.90 Å². The van der Waals surface area contributed by atoms with Crippen LogP contribution in [0.4, 0.5) is 13.2 Å². The van der Waals surface area contributed by atoms with Gasteiger partial charge < -0.3 is 0 Å². The van der Waals surface area contributed by atoms with E-state index >= 15 is 0 Å². The van der Waals surface area contributed by atoms with E-state index in [9.17, 15) is 17.4 Å². The van der Waals surface area contributed by atoms with Crippen LogP contribution in [0.1, 0.15) is 5.56 Å². The summed E-state index contributed by atoms with van der Waals surface area (Å²) in [5, 5.41) is -0.617. The van der Waals surface area contributed by atoms with Crippen molar-refractivity contribution in [2.75, 3.05) is 0 Å². The van der Waals surface area contributed by atoms with Gasteiger partial charge >= 0.3 is 6.18 Å². The number of halogens is 5. The van der Waals surface area contributed by atoms with Gasteiger partial charge in [-0.1, -0.05) is 17.7 Å². The van der Waals surface area contributed by atoms with Crippen LogP contribution in [0.15, 0.2) is 23.1 Å². The highest BCUT2D eigenvalue weighted by atomic mass is 35.7. The number of benzene rings is 1. The van der Waals surface area contributed by atoms with Gasteiger partial charge in [0, 0.05) is 0 Å². The fraction of sp³-hybridized carbons (Fsp3) is 0.143. The van der Waals surface area contributed by atoms with Gasteiger partial charge in [0.2, 0.25) is 0 Å². The van der Waals surface area contributed by atoms with Crippen molar-refractivity contribution in [1.29, 1.82) is 0 Å². The molecule has 0 N–H and O–H groups in total. The minimum Gasteiger partial charge on any atom is -0.237 e. The zero-order valence-electron chi connectivity index (χ0n) is 6.44. The fourth-order valence-corrected chi connectivity index (χ4v) is 2.24. The topological polar surface area (TPSA) is 17.1 Å². The van der Waals surface area contributed by atoms with Gasteiger partial charge in [0.1, 0.15) is 10.0 Å². The quantitative estimate of drug-likeness (QED) is 0.707. The number of hydrogen-bond acceptors (Lipinski definition) is 1. The highest BCUT2D eigenvalue weighted by Crippen LogP contribution is 2.37. The van der Waals surface area contributed by atoms with Crippen molar-refractivity contribution in [3.05, 3.63) is 28.8 Å². The molecule has 0 radical (unpaired) electrons. The lowest BCUT2D eigenvalue weighted by Gasteiger charge is -2.09. The molecule has 0 aliphatic heterocycles. The van der Waals surface area contributed by atoms with Gasteiger partial charge in [0.25, 0.3) is 0 Å². The number of rotatable bonds is 1. The first kappa shape index (κ1) is 11.8. The molecule has 1 unspecified atom stereocenters. The fourth-order valence-electron chi connectivity index (χ4n) is 0.854. The third-order valence-corrected chi connectivity index (χ3v) is 3.15. The highest BCUT2D eigenvalue weighted by Gasteiger charge is 2.34. The summed E-state index contributed by atoms with van der Waals surface area (Å²) in [6.45, 7) is 0. The van der Waals surface area contributed by atoms with Crippen molar-refractivity contribution in [1.82, 2.24) is 0 Å². The first-order valence-electron chi connectivity index (χ1n) is 3.28. The van der Waals surface area contributed by atoms with E-state index in [1.54, 1.807) is 0 Å². The maximum absolute atomic E-state index is 12.3. The monoisotopic (exact) mass is 262 g/mol. The van der Waals surface area contributed by atoms with Gasteiger partial charge in [-0.05, 0) is 22.8 Å². The molecule has 1 aromatic carbocycles. The van der Waals surface area contributed by atoms with Crippen LogP contribution in [-0.2, 0) is 16.2 Å². The molecule has 78 valence electrons. The van der Waals surface area contributed by atoms with Gasteiger partial charge in [-0.2, -0.15) is 13.2 Å². The van der Waals surface area contributed by atoms with Crippen molar-refractivity contribution in [3.63, 3.8) is 0 Å². The zero-order chi connectivity index (χ0) is 10.9. The Bertz CT molecular complexity index is 378. The molecule has 0 saturated heterocycles. The average Bonchev–Trinajstić information content (AvgIpc) is 2.01. The molecule has 1 rings (SSSR count). The largest absolute Gasteiger partial charge is 0.417 e. The van der Waals surface area contributed by atoms with Crippen molar-refractivity contribution in [3.8, 4) is 0 Å². The first-order valence-corrected chi connectivity index (χ1v) is 5.63. The summed E-state index contributed by atoms with van der Waals surface area (Å²) in [6, 6.07) is 3.08. The second-order valence-corrected chi connectivity index (χ2v) is 4.44. The van der Waals surface area contributed by atoms with E-state index < -0.39 is 26.8 Å². The van der Waals surface area contributed by atoms with Gasteiger partial charge in [-0.15, -0.1) is 0 Å². The maximum Gasteiger partial charge on any atom is 0.417 e. The molecule has 0 spiro atoms. The highest BCUT2D eigenvalue weighted by molar-refractivity contribution is 8.08. The Labute approximate surface area is 89.8 Å². The molecule has 0 saturated carbocycles. The van der Waals surface area contributed by atoms with Crippen LogP contribution < -0.4 is 0 Å². The Morgan fingerprint density at radius 2 is 1.86 bits per heavy atom. The van der Waals surface area contributed by atoms with Gasteiger partial charge in [0.05, 0.1) is 15.5 Å². The standard InChI is InChI=1S/C7H3Cl2F3OS/c8-6-4(7(10,11)12)2-1-3-5(6)14(9)13/h1-3H. The molecular weight excluding hydrogens is 260 g/mol. The molecule has 1 aromatic rings. The Hall–Kier alpha value is -0.260. The maximum atomic E-state index is 12.3. The van der Waals surface area contributed by atoms with Crippen molar-refractivity contribution >= 4 is 32.3 Å². The van der Waals surface area contributed by atoms with Crippen molar-refractivity contribution in [2.45, 2.75) is 11.1 Å². The Morgan fingerprint density at radius 1 is 1.29 bits per heavy atom. The lowest BCUT2D eigenvalue weighted by molar-refractivity contribution is -0.137. The Balaban J connectivity index is 3.35. The minimum atomic E-state index is -4.57. The van der Waals surface area contributed by atoms with E-state index in [4.69, 9.17) is 22.3 Å². The van der Waals surface area contributed by atoms with E-state index in [1.807, 2.05) is 0 Å². The molecule has 1 atom stereocenters. The lowest BCUT2D eigenvalue weighted by atomic mass is 10.2. The molecule has 14 heavy (non-hydrogen) atoms. The zero-order valence-corrected chi connectivity index (χ0v) is 8.77. The van der Waals surface area contributed by atoms with Gasteiger partial charge in [0.15, 0.2) is 0 Å².